The molecule has 3 heteroatoms. The molecule has 0 unspecified atom stereocenters. The SMILES string of the molecule is [3H]SCCOC(=O)C(C)(C)C. The zero-order valence-corrected chi connectivity index (χ0v) is 7.46. The minimum Gasteiger partial charge on any atom is -0.464 e. The van der Waals surface area contributed by atoms with E-state index in [1.165, 1.54) is 0 Å². The number of hydrogen-bond acceptors (Lipinski definition) is 3. The molecule has 10 heavy (non-hydrogen) atoms. The molecular formula is C7H14O2S. The standard InChI is InChI=1S/C7H14O2S/c1-7(2,3)6(8)9-4-5-10/h10H,4-5H2,1-3H3/i/hT. The summed E-state index contributed by atoms with van der Waals surface area (Å²) in [6, 6.07) is 0. The predicted molar refractivity (Wildman–Crippen MR) is 44.3 cm³/mol. The summed E-state index contributed by atoms with van der Waals surface area (Å²) in [5, 5.41) is 0. The van der Waals surface area contributed by atoms with Gasteiger partial charge in [-0.2, -0.15) is 12.5 Å². The number of ether oxygens (including phenoxy) is 1. The Hall–Kier alpha value is -0.180. The second kappa shape index (κ2) is 3.86. The van der Waals surface area contributed by atoms with Crippen molar-refractivity contribution in [3.8, 4) is 0 Å². The second-order valence-corrected chi connectivity index (χ2v) is 3.50. The number of carbonyl (C=O) groups excluding carboxylic acids is 1. The summed E-state index contributed by atoms with van der Waals surface area (Å²) < 4.78 is 11.6. The van der Waals surface area contributed by atoms with Crippen LogP contribution < -0.4 is 0 Å². The fourth-order valence-corrected chi connectivity index (χ4v) is 0.434. The number of esters is 1. The maximum atomic E-state index is 11.0. The molecule has 0 fully saturated rings. The van der Waals surface area contributed by atoms with Crippen molar-refractivity contribution >= 4 is 18.5 Å². The van der Waals surface area contributed by atoms with Crippen LogP contribution in [0.3, 0.4) is 0 Å². The van der Waals surface area contributed by atoms with Crippen LogP contribution in [0.5, 0.6) is 0 Å². The van der Waals surface area contributed by atoms with Crippen LogP contribution in [-0.4, -0.2) is 19.5 Å². The molecule has 0 aliphatic heterocycles. The van der Waals surface area contributed by atoms with Crippen LogP contribution >= 0.6 is 12.5 Å². The molecule has 0 amide bonds. The summed E-state index contributed by atoms with van der Waals surface area (Å²) in [5.74, 6) is 0.341. The first-order chi connectivity index (χ1) is 4.98. The molecule has 0 rings (SSSR count). The Morgan fingerprint density at radius 3 is 2.70 bits per heavy atom. The summed E-state index contributed by atoms with van der Waals surface area (Å²) in [6.45, 7) is 5.76. The highest BCUT2D eigenvalue weighted by molar-refractivity contribution is 7.80. The van der Waals surface area contributed by atoms with Gasteiger partial charge in [0, 0.05) is 5.75 Å². The number of thiol groups is 1. The molecule has 2 nitrogen and oxygen atoms in total. The molecule has 0 aliphatic rings. The highest BCUT2D eigenvalue weighted by Gasteiger charge is 2.22. The molecule has 0 radical (unpaired) electrons. The average Bonchev–Trinajstić information content (AvgIpc) is 1.86. The largest absolute Gasteiger partial charge is 0.464 e. The van der Waals surface area contributed by atoms with Crippen LogP contribution in [0, 0.1) is 5.41 Å². The molecule has 0 aromatic rings. The molecule has 0 N–H and O–H groups in total. The molecule has 0 saturated carbocycles. The van der Waals surface area contributed by atoms with E-state index in [2.05, 4.69) is 0 Å². The lowest BCUT2D eigenvalue weighted by atomic mass is 9.97. The Morgan fingerprint density at radius 1 is 1.70 bits per heavy atom. The van der Waals surface area contributed by atoms with Crippen LogP contribution in [0.2, 0.25) is 0 Å². The molecular weight excluding hydrogens is 148 g/mol. The van der Waals surface area contributed by atoms with Crippen molar-refractivity contribution in [1.29, 1.82) is 1.12 Å². The first-order valence-electron chi connectivity index (χ1n) is 3.64. The fourth-order valence-electron chi connectivity index (χ4n) is 0.351. The van der Waals surface area contributed by atoms with Gasteiger partial charge in [0.1, 0.15) is 7.73 Å². The van der Waals surface area contributed by atoms with Crippen molar-refractivity contribution in [2.24, 2.45) is 5.41 Å². The van der Waals surface area contributed by atoms with Gasteiger partial charge >= 0.3 is 5.97 Å². The van der Waals surface area contributed by atoms with E-state index in [0.29, 0.717) is 12.4 Å². The minimum atomic E-state index is -0.424. The molecule has 0 heterocycles. The maximum absolute atomic E-state index is 11.0. The van der Waals surface area contributed by atoms with Crippen molar-refractivity contribution < 1.29 is 9.53 Å². The lowest BCUT2D eigenvalue weighted by Gasteiger charge is -2.15. The Labute approximate surface area is 68.4 Å². The number of carbonyl (C=O) groups is 1. The predicted octanol–water partition coefficient (Wildman–Crippen LogP) is 1.51. The third kappa shape index (κ3) is 3.77. The van der Waals surface area contributed by atoms with E-state index < -0.39 is 5.41 Å². The third-order valence-corrected chi connectivity index (χ3v) is 1.10. The quantitative estimate of drug-likeness (QED) is 0.389. The van der Waals surface area contributed by atoms with Gasteiger partial charge in [0.15, 0.2) is 0 Å². The van der Waals surface area contributed by atoms with Crippen LogP contribution in [-0.2, 0) is 9.53 Å². The number of rotatable bonds is 3. The third-order valence-electron chi connectivity index (χ3n) is 0.929. The van der Waals surface area contributed by atoms with Gasteiger partial charge in [0.25, 0.3) is 0 Å². The zero-order chi connectivity index (χ0) is 8.91. The summed E-state index contributed by atoms with van der Waals surface area (Å²) in [7, 11) is 0. The van der Waals surface area contributed by atoms with E-state index in [0.717, 1.165) is 12.5 Å². The fraction of sp³-hybridized carbons (Fsp3) is 0.857. The molecule has 0 aromatic heterocycles. The lowest BCUT2D eigenvalue weighted by Crippen LogP contribution is -2.23. The van der Waals surface area contributed by atoms with E-state index in [1.807, 2.05) is 20.8 Å². The summed E-state index contributed by atoms with van der Waals surface area (Å²) in [6.07, 6.45) is 0. The van der Waals surface area contributed by atoms with Crippen molar-refractivity contribution in [3.05, 3.63) is 0 Å². The van der Waals surface area contributed by atoms with Crippen molar-refractivity contribution in [3.63, 3.8) is 0 Å². The van der Waals surface area contributed by atoms with Crippen molar-refractivity contribution in [2.75, 3.05) is 12.4 Å². The van der Waals surface area contributed by atoms with Crippen LogP contribution in [0.25, 0.3) is 0 Å². The Bertz CT molecular complexity index is 131. The van der Waals surface area contributed by atoms with Gasteiger partial charge in [-0.25, -0.2) is 0 Å². The number of hydrogen-bond donors (Lipinski definition) is 1. The average molecular weight is 164 g/mol. The van der Waals surface area contributed by atoms with Crippen LogP contribution in [0.4, 0.5) is 0 Å². The molecule has 0 saturated heterocycles. The lowest BCUT2D eigenvalue weighted by molar-refractivity contribution is -0.152. The van der Waals surface area contributed by atoms with Gasteiger partial charge in [-0.05, 0) is 20.8 Å². The highest BCUT2D eigenvalue weighted by Crippen LogP contribution is 2.14. The normalized spacial score (nSPS) is 12.5. The van der Waals surface area contributed by atoms with Gasteiger partial charge in [0.05, 0.1) is 5.41 Å². The Morgan fingerprint density at radius 2 is 2.30 bits per heavy atom. The summed E-state index contributed by atoms with van der Waals surface area (Å²) in [4.78, 5) is 11.0. The minimum absolute atomic E-state index is 0.202. The topological polar surface area (TPSA) is 26.3 Å². The van der Waals surface area contributed by atoms with E-state index >= 15 is 0 Å². The monoisotopic (exact) mass is 164 g/mol. The van der Waals surface area contributed by atoms with E-state index in [9.17, 15) is 4.79 Å². The summed E-state index contributed by atoms with van der Waals surface area (Å²) in [5.41, 5.74) is -0.424. The zero-order valence-electron chi connectivity index (χ0n) is 7.64. The molecule has 60 valence electrons. The highest BCUT2D eigenvalue weighted by atomic mass is 32.1. The molecule has 0 bridgehead atoms. The van der Waals surface area contributed by atoms with Gasteiger partial charge < -0.3 is 4.74 Å². The second-order valence-electron chi connectivity index (χ2n) is 3.09. The van der Waals surface area contributed by atoms with Gasteiger partial charge in [-0.15, -0.1) is 0 Å². The van der Waals surface area contributed by atoms with Crippen molar-refractivity contribution in [1.82, 2.24) is 0 Å². The summed E-state index contributed by atoms with van der Waals surface area (Å²) >= 11 is 0.927. The first-order valence-corrected chi connectivity index (χ1v) is 3.81. The molecule has 0 atom stereocenters. The van der Waals surface area contributed by atoms with Gasteiger partial charge in [-0.3, -0.25) is 4.79 Å². The molecule has 0 aromatic carbocycles. The van der Waals surface area contributed by atoms with Gasteiger partial charge in [0.2, 0.25) is 0 Å². The van der Waals surface area contributed by atoms with Crippen LogP contribution in [0.1, 0.15) is 20.8 Å². The van der Waals surface area contributed by atoms with Crippen molar-refractivity contribution in [2.45, 2.75) is 20.8 Å². The first kappa shape index (κ1) is 7.92. The molecule has 0 aliphatic carbocycles. The van der Waals surface area contributed by atoms with E-state index in [1.54, 1.807) is 0 Å². The Kier molecular flexibility index (Phi) is 3.06. The van der Waals surface area contributed by atoms with E-state index in [4.69, 9.17) is 5.86 Å². The van der Waals surface area contributed by atoms with E-state index in [-0.39, 0.29) is 5.97 Å². The molecule has 0 spiro atoms. The maximum Gasteiger partial charge on any atom is 0.311 e. The Balaban J connectivity index is 3.54. The van der Waals surface area contributed by atoms with Gasteiger partial charge in [-0.1, -0.05) is 0 Å². The van der Waals surface area contributed by atoms with Crippen LogP contribution in [0.15, 0.2) is 0 Å². The smallest absolute Gasteiger partial charge is 0.311 e.